The van der Waals surface area contributed by atoms with Crippen molar-refractivity contribution in [3.05, 3.63) is 35.4 Å². The largest absolute Gasteiger partial charge is 0.324 e. The van der Waals surface area contributed by atoms with Gasteiger partial charge >= 0.3 is 0 Å². The Morgan fingerprint density at radius 1 is 1.29 bits per heavy atom. The molecule has 14 heavy (non-hydrogen) atoms. The van der Waals surface area contributed by atoms with E-state index in [0.717, 1.165) is 18.2 Å². The van der Waals surface area contributed by atoms with Crippen molar-refractivity contribution in [2.24, 2.45) is 5.73 Å². The monoisotopic (exact) mass is 225 g/mol. The Hall–Kier alpha value is -0.740. The van der Waals surface area contributed by atoms with E-state index in [1.807, 2.05) is 0 Å². The molecule has 0 unspecified atom stereocenters. The molecular weight excluding hydrogens is 215 g/mol. The Morgan fingerprint density at radius 2 is 1.93 bits per heavy atom. The van der Waals surface area contributed by atoms with Gasteiger partial charge in [-0.1, -0.05) is 0 Å². The van der Waals surface area contributed by atoms with Gasteiger partial charge in [0.05, 0.1) is 6.67 Å². The number of alkyl halides is 1. The molecule has 0 spiro atoms. The molecule has 80 valence electrons. The molecule has 1 atom stereocenters. The van der Waals surface area contributed by atoms with Crippen LogP contribution in [0.15, 0.2) is 18.2 Å². The Morgan fingerprint density at radius 3 is 2.50 bits per heavy atom. The highest BCUT2D eigenvalue weighted by Gasteiger charge is 2.11. The molecule has 1 rings (SSSR count). The standard InChI is InChI=1S/C9H10F3N.ClH/c10-4-3-9(13)7-5-6(11)1-2-8(7)12;/h1-2,5,9H,3-4,13H2;1H/t9-;/m0./s1. The number of halogens is 4. The second-order valence-electron chi connectivity index (χ2n) is 2.75. The highest BCUT2D eigenvalue weighted by molar-refractivity contribution is 5.85. The fourth-order valence-electron chi connectivity index (χ4n) is 1.07. The second-order valence-corrected chi connectivity index (χ2v) is 2.75. The first-order valence-electron chi connectivity index (χ1n) is 3.91. The lowest BCUT2D eigenvalue weighted by Gasteiger charge is -2.10. The van der Waals surface area contributed by atoms with Crippen molar-refractivity contribution in [3.8, 4) is 0 Å². The third-order valence-corrected chi connectivity index (χ3v) is 1.78. The minimum atomic E-state index is -0.777. The van der Waals surface area contributed by atoms with Crippen LogP contribution >= 0.6 is 12.4 Å². The number of rotatable bonds is 3. The number of nitrogens with two attached hydrogens (primary N) is 1. The molecule has 0 saturated carbocycles. The Bertz CT molecular complexity index is 293. The first kappa shape index (κ1) is 13.3. The Labute approximate surface area is 86.5 Å². The lowest BCUT2D eigenvalue weighted by atomic mass is 10.0. The molecule has 0 aliphatic carbocycles. The molecule has 0 aliphatic heterocycles. The third-order valence-electron chi connectivity index (χ3n) is 1.78. The van der Waals surface area contributed by atoms with E-state index in [0.29, 0.717) is 0 Å². The number of hydrogen-bond donors (Lipinski definition) is 1. The minimum Gasteiger partial charge on any atom is -0.324 e. The minimum absolute atomic E-state index is 0. The summed E-state index contributed by atoms with van der Waals surface area (Å²) in [5, 5.41) is 0. The molecule has 1 nitrogen and oxygen atoms in total. The van der Waals surface area contributed by atoms with Crippen LogP contribution < -0.4 is 5.73 Å². The molecule has 2 N–H and O–H groups in total. The summed E-state index contributed by atoms with van der Waals surface area (Å²) in [4.78, 5) is 0. The van der Waals surface area contributed by atoms with Crippen LogP contribution in [0.5, 0.6) is 0 Å². The molecule has 0 saturated heterocycles. The van der Waals surface area contributed by atoms with E-state index in [9.17, 15) is 13.2 Å². The van der Waals surface area contributed by atoms with E-state index < -0.39 is 24.4 Å². The summed E-state index contributed by atoms with van der Waals surface area (Å²) in [5.74, 6) is -1.16. The maximum Gasteiger partial charge on any atom is 0.128 e. The van der Waals surface area contributed by atoms with Crippen LogP contribution in [0, 0.1) is 11.6 Å². The van der Waals surface area contributed by atoms with Crippen LogP contribution in [0.4, 0.5) is 13.2 Å². The van der Waals surface area contributed by atoms with Crippen LogP contribution in [0.25, 0.3) is 0 Å². The molecular formula is C9H11ClF3N. The number of hydrogen-bond acceptors (Lipinski definition) is 1. The zero-order chi connectivity index (χ0) is 9.84. The van der Waals surface area contributed by atoms with Crippen LogP contribution in [0.2, 0.25) is 0 Å². The Kier molecular flexibility index (Phi) is 5.57. The van der Waals surface area contributed by atoms with Crippen molar-refractivity contribution in [1.29, 1.82) is 0 Å². The van der Waals surface area contributed by atoms with E-state index in [1.54, 1.807) is 0 Å². The molecule has 0 aliphatic rings. The van der Waals surface area contributed by atoms with Gasteiger partial charge in [-0.15, -0.1) is 12.4 Å². The van der Waals surface area contributed by atoms with Gasteiger partial charge in [-0.05, 0) is 24.6 Å². The average molecular weight is 226 g/mol. The predicted octanol–water partition coefficient (Wildman–Crippen LogP) is 2.75. The van der Waals surface area contributed by atoms with Crippen molar-refractivity contribution >= 4 is 12.4 Å². The van der Waals surface area contributed by atoms with Gasteiger partial charge in [0.25, 0.3) is 0 Å². The topological polar surface area (TPSA) is 26.0 Å². The van der Waals surface area contributed by atoms with Crippen LogP contribution in [-0.4, -0.2) is 6.67 Å². The highest BCUT2D eigenvalue weighted by atomic mass is 35.5. The van der Waals surface area contributed by atoms with Gasteiger partial charge in [0, 0.05) is 11.6 Å². The van der Waals surface area contributed by atoms with Gasteiger partial charge in [0.1, 0.15) is 11.6 Å². The van der Waals surface area contributed by atoms with E-state index in [4.69, 9.17) is 5.73 Å². The van der Waals surface area contributed by atoms with Crippen LogP contribution in [0.1, 0.15) is 18.0 Å². The first-order valence-corrected chi connectivity index (χ1v) is 3.91. The second kappa shape index (κ2) is 5.88. The molecule has 0 heterocycles. The predicted molar refractivity (Wildman–Crippen MR) is 51.1 cm³/mol. The maximum absolute atomic E-state index is 13.0. The SMILES string of the molecule is Cl.N[C@@H](CCF)c1cc(F)ccc1F. The van der Waals surface area contributed by atoms with Gasteiger partial charge in [-0.25, -0.2) is 8.78 Å². The van der Waals surface area contributed by atoms with Crippen molar-refractivity contribution in [3.63, 3.8) is 0 Å². The lowest BCUT2D eigenvalue weighted by molar-refractivity contribution is 0.434. The van der Waals surface area contributed by atoms with Gasteiger partial charge in [-0.2, -0.15) is 0 Å². The number of benzene rings is 1. The summed E-state index contributed by atoms with van der Waals surface area (Å²) in [7, 11) is 0. The van der Waals surface area contributed by atoms with E-state index in [2.05, 4.69) is 0 Å². The summed E-state index contributed by atoms with van der Waals surface area (Å²) >= 11 is 0. The normalized spacial score (nSPS) is 12.0. The fraction of sp³-hybridized carbons (Fsp3) is 0.333. The summed E-state index contributed by atoms with van der Waals surface area (Å²) in [6.07, 6.45) is 0.000370. The van der Waals surface area contributed by atoms with Crippen LogP contribution in [-0.2, 0) is 0 Å². The van der Waals surface area contributed by atoms with Crippen molar-refractivity contribution in [1.82, 2.24) is 0 Å². The molecule has 0 radical (unpaired) electrons. The molecule has 1 aromatic carbocycles. The van der Waals surface area contributed by atoms with E-state index >= 15 is 0 Å². The van der Waals surface area contributed by atoms with Crippen molar-refractivity contribution in [2.45, 2.75) is 12.5 Å². The van der Waals surface area contributed by atoms with Gasteiger partial charge in [-0.3, -0.25) is 4.39 Å². The molecule has 0 amide bonds. The lowest BCUT2D eigenvalue weighted by Crippen LogP contribution is -2.13. The van der Waals surface area contributed by atoms with Crippen LogP contribution in [0.3, 0.4) is 0 Å². The molecule has 1 aromatic rings. The molecule has 5 heteroatoms. The summed E-state index contributed by atoms with van der Waals surface area (Å²) < 4.78 is 37.5. The zero-order valence-electron chi connectivity index (χ0n) is 7.34. The fourth-order valence-corrected chi connectivity index (χ4v) is 1.07. The third kappa shape index (κ3) is 3.20. The molecule has 0 aromatic heterocycles. The smallest absolute Gasteiger partial charge is 0.128 e. The van der Waals surface area contributed by atoms with Gasteiger partial charge < -0.3 is 5.73 Å². The summed E-state index contributed by atoms with van der Waals surface area (Å²) in [5.41, 5.74) is 5.45. The zero-order valence-corrected chi connectivity index (χ0v) is 8.16. The molecule has 0 bridgehead atoms. The Balaban J connectivity index is 0.00000169. The van der Waals surface area contributed by atoms with Crippen molar-refractivity contribution in [2.75, 3.05) is 6.67 Å². The van der Waals surface area contributed by atoms with Gasteiger partial charge in [0.15, 0.2) is 0 Å². The summed E-state index contributed by atoms with van der Waals surface area (Å²) in [6, 6.07) is 2.21. The van der Waals surface area contributed by atoms with Gasteiger partial charge in [0.2, 0.25) is 0 Å². The summed E-state index contributed by atoms with van der Waals surface area (Å²) in [6.45, 7) is -0.642. The highest BCUT2D eigenvalue weighted by Crippen LogP contribution is 2.18. The average Bonchev–Trinajstić information content (AvgIpc) is 2.09. The van der Waals surface area contributed by atoms with E-state index in [1.165, 1.54) is 0 Å². The molecule has 0 fully saturated rings. The quantitative estimate of drug-likeness (QED) is 0.841. The van der Waals surface area contributed by atoms with E-state index in [-0.39, 0.29) is 24.4 Å². The first-order chi connectivity index (χ1) is 6.15. The maximum atomic E-state index is 13.0. The van der Waals surface area contributed by atoms with Crippen molar-refractivity contribution < 1.29 is 13.2 Å².